The molecule has 0 fully saturated rings. The van der Waals surface area contributed by atoms with Gasteiger partial charge in [0.1, 0.15) is 5.56 Å². The van der Waals surface area contributed by atoms with Crippen LogP contribution >= 0.6 is 0 Å². The van der Waals surface area contributed by atoms with Crippen LogP contribution in [0.25, 0.3) is 11.3 Å². The average Bonchev–Trinajstić information content (AvgIpc) is 3.08. The molecule has 0 spiro atoms. The van der Waals surface area contributed by atoms with Crippen LogP contribution in [0.5, 0.6) is 11.5 Å². The fourth-order valence-electron chi connectivity index (χ4n) is 3.55. The molecule has 2 aromatic heterocycles. The summed E-state index contributed by atoms with van der Waals surface area (Å²) in [5, 5.41) is 3.99. The number of benzene rings is 1. The molecule has 0 radical (unpaired) electrons. The maximum absolute atomic E-state index is 12.5. The number of hydrogen-bond donors (Lipinski definition) is 2. The number of aromatic amines is 1. The number of H-pyrrole nitrogens is 1. The monoisotopic (exact) mass is 495 g/mol. The van der Waals surface area contributed by atoms with Crippen LogP contribution in [0.3, 0.4) is 0 Å². The van der Waals surface area contributed by atoms with E-state index in [1.165, 1.54) is 7.11 Å². The van der Waals surface area contributed by atoms with Gasteiger partial charge in [0.05, 0.1) is 25.6 Å². The molecule has 0 saturated carbocycles. The van der Waals surface area contributed by atoms with Crippen molar-refractivity contribution in [1.29, 1.82) is 0 Å². The minimum Gasteiger partial charge on any atom is -0.493 e. The molecule has 11 heteroatoms. The van der Waals surface area contributed by atoms with E-state index in [9.17, 15) is 14.4 Å². The Morgan fingerprint density at radius 1 is 1.19 bits per heavy atom. The Hall–Kier alpha value is -4.41. The number of carbonyl (C=O) groups excluding carboxylic acids is 2. The molecule has 3 aromatic rings. The minimum absolute atomic E-state index is 0.147. The van der Waals surface area contributed by atoms with Crippen molar-refractivity contribution in [2.24, 2.45) is 12.1 Å². The van der Waals surface area contributed by atoms with Crippen molar-refractivity contribution in [1.82, 2.24) is 20.0 Å². The lowest BCUT2D eigenvalue weighted by Gasteiger charge is -2.14. The van der Waals surface area contributed by atoms with E-state index in [-0.39, 0.29) is 36.0 Å². The molecule has 0 unspecified atom stereocenters. The maximum atomic E-state index is 12.5. The summed E-state index contributed by atoms with van der Waals surface area (Å²) in [4.78, 5) is 43.2. The van der Waals surface area contributed by atoms with Crippen molar-refractivity contribution in [2.45, 2.75) is 27.7 Å². The zero-order chi connectivity index (χ0) is 26.4. The third kappa shape index (κ3) is 5.80. The standard InChI is InChI=1S/C25H29N5O6/c1-7-35-24(32)22-15(3)27-25(33)28-23(22)17-8-9-19(20(11-17)34-6)36-13-21(31)29-26-12-18-10-14(2)30(5)16(18)4/h8-12H,7,13H2,1-6H3,(H,29,31)(H,27,28,33). The van der Waals surface area contributed by atoms with Gasteiger partial charge >= 0.3 is 11.7 Å². The molecule has 0 saturated heterocycles. The first-order chi connectivity index (χ1) is 17.2. The van der Waals surface area contributed by atoms with Gasteiger partial charge in [-0.15, -0.1) is 0 Å². The molecule has 0 aliphatic carbocycles. The van der Waals surface area contributed by atoms with Gasteiger partial charge < -0.3 is 23.8 Å². The summed E-state index contributed by atoms with van der Waals surface area (Å²) in [7, 11) is 3.39. The van der Waals surface area contributed by atoms with Gasteiger partial charge in [0, 0.05) is 35.3 Å². The largest absolute Gasteiger partial charge is 0.493 e. The second-order valence-electron chi connectivity index (χ2n) is 7.94. The number of aryl methyl sites for hydroxylation is 2. The Morgan fingerprint density at radius 2 is 1.94 bits per heavy atom. The zero-order valence-electron chi connectivity index (χ0n) is 21.1. The van der Waals surface area contributed by atoms with Crippen LogP contribution in [0.15, 0.2) is 34.2 Å². The SMILES string of the molecule is CCOC(=O)c1c(-c2ccc(OCC(=O)NN=Cc3cc(C)n(C)c3C)c(OC)c2)nc(=O)[nH]c1C. The summed E-state index contributed by atoms with van der Waals surface area (Å²) in [5.74, 6) is -0.492. The third-order valence-corrected chi connectivity index (χ3v) is 5.60. The van der Waals surface area contributed by atoms with Crippen molar-refractivity contribution < 1.29 is 23.8 Å². The van der Waals surface area contributed by atoms with Gasteiger partial charge in [-0.1, -0.05) is 0 Å². The Labute approximate surface area is 208 Å². The molecule has 1 aromatic carbocycles. The smallest absolute Gasteiger partial charge is 0.345 e. The van der Waals surface area contributed by atoms with E-state index < -0.39 is 17.6 Å². The Balaban J connectivity index is 1.75. The van der Waals surface area contributed by atoms with Crippen LogP contribution < -0.4 is 20.6 Å². The van der Waals surface area contributed by atoms with Gasteiger partial charge in [0.15, 0.2) is 18.1 Å². The summed E-state index contributed by atoms with van der Waals surface area (Å²) in [6, 6.07) is 6.71. The van der Waals surface area contributed by atoms with Crippen molar-refractivity contribution >= 4 is 18.1 Å². The predicted molar refractivity (Wildman–Crippen MR) is 134 cm³/mol. The highest BCUT2D eigenvalue weighted by Crippen LogP contribution is 2.33. The summed E-state index contributed by atoms with van der Waals surface area (Å²) < 4.78 is 18.1. The number of carbonyl (C=O) groups is 2. The van der Waals surface area contributed by atoms with Crippen molar-refractivity contribution in [3.05, 3.63) is 63.0 Å². The normalized spacial score (nSPS) is 10.9. The topological polar surface area (TPSA) is 137 Å². The van der Waals surface area contributed by atoms with Gasteiger partial charge in [-0.3, -0.25) is 4.79 Å². The fourth-order valence-corrected chi connectivity index (χ4v) is 3.55. The van der Waals surface area contributed by atoms with Crippen LogP contribution in [-0.4, -0.2) is 52.9 Å². The van der Waals surface area contributed by atoms with E-state index in [1.54, 1.807) is 38.3 Å². The maximum Gasteiger partial charge on any atom is 0.345 e. The number of aromatic nitrogens is 3. The summed E-state index contributed by atoms with van der Waals surface area (Å²) in [5.41, 5.74) is 5.92. The summed E-state index contributed by atoms with van der Waals surface area (Å²) in [6.07, 6.45) is 1.58. The van der Waals surface area contributed by atoms with Crippen LogP contribution in [0.4, 0.5) is 0 Å². The van der Waals surface area contributed by atoms with Gasteiger partial charge in [-0.2, -0.15) is 10.1 Å². The molecule has 2 heterocycles. The molecule has 2 N–H and O–H groups in total. The zero-order valence-corrected chi connectivity index (χ0v) is 21.1. The minimum atomic E-state index is -0.605. The molecule has 0 atom stereocenters. The first-order valence-corrected chi connectivity index (χ1v) is 11.2. The quantitative estimate of drug-likeness (QED) is 0.264. The lowest BCUT2D eigenvalue weighted by Crippen LogP contribution is -2.24. The third-order valence-electron chi connectivity index (χ3n) is 5.60. The van der Waals surface area contributed by atoms with Crippen molar-refractivity contribution in [3.63, 3.8) is 0 Å². The average molecular weight is 496 g/mol. The molecule has 3 rings (SSSR count). The van der Waals surface area contributed by atoms with Gasteiger partial charge in [-0.25, -0.2) is 15.0 Å². The van der Waals surface area contributed by atoms with E-state index in [0.717, 1.165) is 17.0 Å². The Morgan fingerprint density at radius 3 is 2.58 bits per heavy atom. The van der Waals surface area contributed by atoms with E-state index >= 15 is 0 Å². The highest BCUT2D eigenvalue weighted by Gasteiger charge is 2.21. The Bertz CT molecular complexity index is 1370. The number of nitrogens with one attached hydrogen (secondary N) is 2. The van der Waals surface area contributed by atoms with E-state index in [4.69, 9.17) is 14.2 Å². The molecular formula is C25H29N5O6. The highest BCUT2D eigenvalue weighted by atomic mass is 16.5. The van der Waals surface area contributed by atoms with Gasteiger partial charge in [-0.05, 0) is 52.0 Å². The lowest BCUT2D eigenvalue weighted by molar-refractivity contribution is -0.123. The lowest BCUT2D eigenvalue weighted by atomic mass is 10.0. The Kier molecular flexibility index (Phi) is 8.26. The molecule has 0 aliphatic heterocycles. The number of rotatable bonds is 9. The molecule has 11 nitrogen and oxygen atoms in total. The number of hydrogen-bond acceptors (Lipinski definition) is 8. The molecule has 36 heavy (non-hydrogen) atoms. The second kappa shape index (κ2) is 11.3. The van der Waals surface area contributed by atoms with Crippen LogP contribution in [0, 0.1) is 20.8 Å². The molecular weight excluding hydrogens is 466 g/mol. The van der Waals surface area contributed by atoms with Crippen LogP contribution in [0.1, 0.15) is 39.9 Å². The fraction of sp³-hybridized carbons (Fsp3) is 0.320. The first-order valence-electron chi connectivity index (χ1n) is 11.2. The van der Waals surface area contributed by atoms with Gasteiger partial charge in [0.2, 0.25) is 0 Å². The molecule has 1 amide bonds. The van der Waals surface area contributed by atoms with Crippen LogP contribution in [-0.2, 0) is 16.6 Å². The molecule has 0 aliphatic rings. The molecule has 0 bridgehead atoms. The van der Waals surface area contributed by atoms with E-state index in [2.05, 4.69) is 20.5 Å². The first kappa shape index (κ1) is 26.2. The predicted octanol–water partition coefficient (Wildman–Crippen LogP) is 2.42. The number of nitrogens with zero attached hydrogens (tertiary/aromatic N) is 3. The van der Waals surface area contributed by atoms with E-state index in [1.807, 2.05) is 31.5 Å². The second-order valence-corrected chi connectivity index (χ2v) is 7.94. The van der Waals surface area contributed by atoms with E-state index in [0.29, 0.717) is 11.3 Å². The number of methoxy groups -OCH3 is 1. The molecule has 190 valence electrons. The van der Waals surface area contributed by atoms with Crippen molar-refractivity contribution in [2.75, 3.05) is 20.3 Å². The number of esters is 1. The summed E-state index contributed by atoms with van der Waals surface area (Å²) >= 11 is 0. The van der Waals surface area contributed by atoms with Crippen molar-refractivity contribution in [3.8, 4) is 22.8 Å². The highest BCUT2D eigenvalue weighted by molar-refractivity contribution is 5.97. The van der Waals surface area contributed by atoms with Gasteiger partial charge in [0.25, 0.3) is 5.91 Å². The summed E-state index contributed by atoms with van der Waals surface area (Å²) in [6.45, 7) is 7.09. The number of ether oxygens (including phenoxy) is 3. The number of hydrazone groups is 1. The van der Waals surface area contributed by atoms with Crippen LogP contribution in [0.2, 0.25) is 0 Å². The number of amides is 1.